The SMILES string of the molecule is CCCN(CCC)c1ccc(NC(=O)c2cccc(Cl)c2)cc1C(=O)O.O=C(O)C(F)(F)F. The van der Waals surface area contributed by atoms with E-state index < -0.39 is 18.1 Å². The van der Waals surface area contributed by atoms with Gasteiger partial charge in [-0.1, -0.05) is 31.5 Å². The quantitative estimate of drug-likeness (QED) is 0.449. The van der Waals surface area contributed by atoms with Crippen molar-refractivity contribution in [1.82, 2.24) is 0 Å². The van der Waals surface area contributed by atoms with Gasteiger partial charge >= 0.3 is 18.1 Å². The number of aliphatic carboxylic acids is 1. The van der Waals surface area contributed by atoms with E-state index in [1.807, 2.05) is 0 Å². The smallest absolute Gasteiger partial charge is 0.478 e. The van der Waals surface area contributed by atoms with Gasteiger partial charge in [0.25, 0.3) is 5.91 Å². The van der Waals surface area contributed by atoms with E-state index >= 15 is 0 Å². The van der Waals surface area contributed by atoms with Crippen LogP contribution in [0.4, 0.5) is 24.5 Å². The lowest BCUT2D eigenvalue weighted by Gasteiger charge is -2.25. The highest BCUT2D eigenvalue weighted by molar-refractivity contribution is 6.31. The van der Waals surface area contributed by atoms with E-state index in [2.05, 4.69) is 24.1 Å². The molecule has 2 aromatic rings. The summed E-state index contributed by atoms with van der Waals surface area (Å²) in [6, 6.07) is 11.6. The molecule has 0 saturated heterocycles. The van der Waals surface area contributed by atoms with Gasteiger partial charge in [-0.25, -0.2) is 9.59 Å². The fraction of sp³-hybridized carbons (Fsp3) is 0.318. The number of nitrogens with one attached hydrogen (secondary N) is 1. The summed E-state index contributed by atoms with van der Waals surface area (Å²) in [6.45, 7) is 5.68. The summed E-state index contributed by atoms with van der Waals surface area (Å²) in [4.78, 5) is 35.0. The van der Waals surface area contributed by atoms with Gasteiger partial charge in [0.1, 0.15) is 0 Å². The fourth-order valence-corrected chi connectivity index (χ4v) is 2.98. The highest BCUT2D eigenvalue weighted by atomic mass is 35.5. The molecule has 2 rings (SSSR count). The van der Waals surface area contributed by atoms with Crippen LogP contribution in [0.5, 0.6) is 0 Å². The lowest BCUT2D eigenvalue weighted by atomic mass is 10.1. The van der Waals surface area contributed by atoms with Crippen molar-refractivity contribution in [2.24, 2.45) is 0 Å². The van der Waals surface area contributed by atoms with Crippen LogP contribution in [-0.4, -0.2) is 47.3 Å². The lowest BCUT2D eigenvalue weighted by Crippen LogP contribution is -2.27. The zero-order valence-corrected chi connectivity index (χ0v) is 18.7. The zero-order chi connectivity index (χ0) is 25.2. The maximum atomic E-state index is 12.3. The van der Waals surface area contributed by atoms with E-state index in [1.165, 1.54) is 6.07 Å². The summed E-state index contributed by atoms with van der Waals surface area (Å²) in [5.41, 5.74) is 1.69. The predicted octanol–water partition coefficient (Wildman–Crippen LogP) is 5.55. The molecule has 7 nitrogen and oxygen atoms in total. The molecule has 0 aliphatic carbocycles. The second kappa shape index (κ2) is 12.7. The molecule has 0 unspecified atom stereocenters. The summed E-state index contributed by atoms with van der Waals surface area (Å²) in [6.07, 6.45) is -3.24. The second-order valence-corrected chi connectivity index (χ2v) is 7.23. The van der Waals surface area contributed by atoms with Gasteiger partial charge in [0.2, 0.25) is 0 Å². The molecule has 1 amide bonds. The predicted molar refractivity (Wildman–Crippen MR) is 119 cm³/mol. The third-order valence-corrected chi connectivity index (χ3v) is 4.38. The van der Waals surface area contributed by atoms with E-state index in [1.54, 1.807) is 36.4 Å². The topological polar surface area (TPSA) is 107 Å². The molecule has 3 N–H and O–H groups in total. The van der Waals surface area contributed by atoms with Crippen LogP contribution in [0.15, 0.2) is 42.5 Å². The molecule has 0 heterocycles. The Kier molecular flexibility index (Phi) is 10.7. The van der Waals surface area contributed by atoms with Crippen LogP contribution in [-0.2, 0) is 4.79 Å². The monoisotopic (exact) mass is 488 g/mol. The standard InChI is InChI=1S/C20H23ClN2O3.C2HF3O2/c1-3-10-23(11-4-2)18-9-8-16(13-17(18)20(25)26)22-19(24)14-6-5-7-15(21)12-14;3-2(4,5)1(6)7/h5-9,12-13H,3-4,10-11H2,1-2H3,(H,22,24)(H,25,26);(H,6,7). The van der Waals surface area contributed by atoms with Gasteiger partial charge in [-0.2, -0.15) is 13.2 Å². The van der Waals surface area contributed by atoms with Gasteiger partial charge in [-0.15, -0.1) is 0 Å². The first-order valence-corrected chi connectivity index (χ1v) is 10.3. The highest BCUT2D eigenvalue weighted by Crippen LogP contribution is 2.26. The number of carbonyl (C=O) groups is 3. The number of amides is 1. The average Bonchev–Trinajstić information content (AvgIpc) is 2.73. The fourth-order valence-electron chi connectivity index (χ4n) is 2.79. The normalized spacial score (nSPS) is 10.6. The van der Waals surface area contributed by atoms with Crippen molar-refractivity contribution in [2.75, 3.05) is 23.3 Å². The first-order valence-electron chi connectivity index (χ1n) is 9.90. The van der Waals surface area contributed by atoms with Crippen molar-refractivity contribution in [1.29, 1.82) is 0 Å². The van der Waals surface area contributed by atoms with Gasteiger partial charge in [0.15, 0.2) is 0 Å². The average molecular weight is 489 g/mol. The van der Waals surface area contributed by atoms with Gasteiger partial charge in [0.05, 0.1) is 11.3 Å². The molecule has 0 saturated carbocycles. The zero-order valence-electron chi connectivity index (χ0n) is 17.9. The maximum absolute atomic E-state index is 12.3. The minimum absolute atomic E-state index is 0.177. The van der Waals surface area contributed by atoms with Crippen LogP contribution >= 0.6 is 11.6 Å². The number of carboxylic acid groups (broad SMARTS) is 2. The molecule has 0 atom stereocenters. The molecular weight excluding hydrogens is 465 g/mol. The Morgan fingerprint density at radius 2 is 1.58 bits per heavy atom. The van der Waals surface area contributed by atoms with E-state index in [0.717, 1.165) is 25.9 Å². The van der Waals surface area contributed by atoms with Crippen LogP contribution in [0, 0.1) is 0 Å². The van der Waals surface area contributed by atoms with Crippen molar-refractivity contribution in [2.45, 2.75) is 32.9 Å². The Hall–Kier alpha value is -3.27. The number of carboxylic acids is 2. The third-order valence-electron chi connectivity index (χ3n) is 4.14. The van der Waals surface area contributed by atoms with Gasteiger partial charge in [0, 0.05) is 29.4 Å². The highest BCUT2D eigenvalue weighted by Gasteiger charge is 2.38. The Bertz CT molecular complexity index is 977. The van der Waals surface area contributed by atoms with Crippen molar-refractivity contribution >= 4 is 40.8 Å². The summed E-state index contributed by atoms with van der Waals surface area (Å²) in [5, 5.41) is 19.9. The summed E-state index contributed by atoms with van der Waals surface area (Å²) < 4.78 is 31.7. The summed E-state index contributed by atoms with van der Waals surface area (Å²) >= 11 is 5.91. The number of rotatable bonds is 8. The first kappa shape index (κ1) is 27.8. The summed E-state index contributed by atoms with van der Waals surface area (Å²) in [7, 11) is 0. The van der Waals surface area contributed by atoms with Gasteiger partial charge < -0.3 is 20.4 Å². The molecule has 0 fully saturated rings. The first-order chi connectivity index (χ1) is 15.4. The molecule has 0 aromatic heterocycles. The largest absolute Gasteiger partial charge is 0.490 e. The number of carbonyl (C=O) groups excluding carboxylic acids is 1. The van der Waals surface area contributed by atoms with E-state index in [9.17, 15) is 27.9 Å². The molecule has 0 aliphatic heterocycles. The molecule has 0 spiro atoms. The lowest BCUT2D eigenvalue weighted by molar-refractivity contribution is -0.192. The molecule has 33 heavy (non-hydrogen) atoms. The second-order valence-electron chi connectivity index (χ2n) is 6.79. The molecule has 0 aliphatic rings. The molecule has 180 valence electrons. The number of benzene rings is 2. The Balaban J connectivity index is 0.000000675. The van der Waals surface area contributed by atoms with Crippen molar-refractivity contribution in [3.8, 4) is 0 Å². The summed E-state index contributed by atoms with van der Waals surface area (Å²) in [5.74, 6) is -4.11. The van der Waals surface area contributed by atoms with Crippen LogP contribution in [0.25, 0.3) is 0 Å². The minimum Gasteiger partial charge on any atom is -0.478 e. The Morgan fingerprint density at radius 1 is 1.00 bits per heavy atom. The molecule has 11 heteroatoms. The molecule has 0 radical (unpaired) electrons. The third kappa shape index (κ3) is 9.01. The van der Waals surface area contributed by atoms with E-state index in [-0.39, 0.29) is 11.5 Å². The van der Waals surface area contributed by atoms with Crippen LogP contribution in [0.3, 0.4) is 0 Å². The number of halogens is 4. The van der Waals surface area contributed by atoms with E-state index in [4.69, 9.17) is 21.5 Å². The minimum atomic E-state index is -5.08. The van der Waals surface area contributed by atoms with E-state index in [0.29, 0.717) is 22.0 Å². The number of aromatic carboxylic acids is 1. The maximum Gasteiger partial charge on any atom is 0.490 e. The number of hydrogen-bond donors (Lipinski definition) is 3. The molecule has 2 aromatic carbocycles. The van der Waals surface area contributed by atoms with Gasteiger partial charge in [-0.05, 0) is 49.2 Å². The Labute approximate surface area is 193 Å². The van der Waals surface area contributed by atoms with Crippen molar-refractivity contribution in [3.63, 3.8) is 0 Å². The molecule has 0 bridgehead atoms. The number of alkyl halides is 3. The van der Waals surface area contributed by atoms with Crippen molar-refractivity contribution < 1.29 is 37.8 Å². The number of nitrogens with zero attached hydrogens (tertiary/aromatic N) is 1. The number of anilines is 2. The van der Waals surface area contributed by atoms with Crippen molar-refractivity contribution in [3.05, 3.63) is 58.6 Å². The Morgan fingerprint density at radius 3 is 2.03 bits per heavy atom. The van der Waals surface area contributed by atoms with Crippen LogP contribution < -0.4 is 10.2 Å². The van der Waals surface area contributed by atoms with Crippen LogP contribution in [0.2, 0.25) is 5.02 Å². The van der Waals surface area contributed by atoms with Gasteiger partial charge in [-0.3, -0.25) is 4.79 Å². The molecular formula is C22H24ClF3N2O5. The van der Waals surface area contributed by atoms with Crippen LogP contribution in [0.1, 0.15) is 47.4 Å². The number of hydrogen-bond acceptors (Lipinski definition) is 4.